The summed E-state index contributed by atoms with van der Waals surface area (Å²) in [5.41, 5.74) is -0.120. The van der Waals surface area contributed by atoms with Crippen LogP contribution >= 0.6 is 11.6 Å². The zero-order valence-electron chi connectivity index (χ0n) is 8.81. The van der Waals surface area contributed by atoms with Crippen LogP contribution in [0, 0.1) is 10.1 Å². The van der Waals surface area contributed by atoms with Gasteiger partial charge in [0, 0.05) is 32.3 Å². The van der Waals surface area contributed by atoms with Crippen LogP contribution in [-0.4, -0.2) is 25.2 Å². The van der Waals surface area contributed by atoms with Crippen molar-refractivity contribution in [3.8, 4) is 5.75 Å². The molecule has 0 aliphatic carbocycles. The van der Waals surface area contributed by atoms with Crippen molar-refractivity contribution in [3.63, 3.8) is 0 Å². The molecule has 88 valence electrons. The van der Waals surface area contributed by atoms with E-state index in [0.717, 1.165) is 6.42 Å². The number of nitro benzene ring substituents is 1. The van der Waals surface area contributed by atoms with Crippen LogP contribution in [0.4, 0.5) is 5.69 Å². The Morgan fingerprint density at radius 1 is 1.44 bits per heavy atom. The van der Waals surface area contributed by atoms with Gasteiger partial charge in [0.2, 0.25) is 0 Å². The standard InChI is InChI=1S/C10H12ClNO4/c1-15-5-2-6-16-8-3-4-10(12(13)14)9(11)7-8/h3-4,7H,2,5-6H2,1H3. The molecule has 6 heteroatoms. The van der Waals surface area contributed by atoms with Crippen LogP contribution < -0.4 is 4.74 Å². The molecule has 0 N–H and O–H groups in total. The van der Waals surface area contributed by atoms with Crippen LogP contribution in [0.2, 0.25) is 5.02 Å². The molecule has 0 saturated heterocycles. The molecule has 16 heavy (non-hydrogen) atoms. The first-order chi connectivity index (χ1) is 7.65. The minimum atomic E-state index is -0.531. The Kier molecular flexibility index (Phi) is 5.01. The Morgan fingerprint density at radius 3 is 2.75 bits per heavy atom. The summed E-state index contributed by atoms with van der Waals surface area (Å²) in [6.45, 7) is 1.10. The fourth-order valence-corrected chi connectivity index (χ4v) is 1.36. The molecule has 0 aliphatic rings. The average Bonchev–Trinajstić information content (AvgIpc) is 2.24. The summed E-state index contributed by atoms with van der Waals surface area (Å²) in [6.07, 6.45) is 0.755. The highest BCUT2D eigenvalue weighted by Crippen LogP contribution is 2.28. The van der Waals surface area contributed by atoms with Crippen molar-refractivity contribution in [3.05, 3.63) is 33.3 Å². The fraction of sp³-hybridized carbons (Fsp3) is 0.400. The van der Waals surface area contributed by atoms with Crippen LogP contribution in [-0.2, 0) is 4.74 Å². The first kappa shape index (κ1) is 12.7. The van der Waals surface area contributed by atoms with Gasteiger partial charge in [0.05, 0.1) is 11.5 Å². The number of hydrogen-bond donors (Lipinski definition) is 0. The summed E-state index contributed by atoms with van der Waals surface area (Å²) in [5, 5.41) is 10.6. The maximum absolute atomic E-state index is 10.5. The Hall–Kier alpha value is -1.33. The van der Waals surface area contributed by atoms with Gasteiger partial charge >= 0.3 is 0 Å². The number of halogens is 1. The highest BCUT2D eigenvalue weighted by Gasteiger charge is 2.12. The van der Waals surface area contributed by atoms with E-state index in [2.05, 4.69) is 0 Å². The predicted molar refractivity (Wildman–Crippen MR) is 60.1 cm³/mol. The van der Waals surface area contributed by atoms with Gasteiger partial charge in [-0.15, -0.1) is 0 Å². The second-order valence-corrected chi connectivity index (χ2v) is 3.47. The van der Waals surface area contributed by atoms with E-state index in [4.69, 9.17) is 21.1 Å². The molecule has 0 atom stereocenters. The number of benzene rings is 1. The van der Waals surface area contributed by atoms with Crippen molar-refractivity contribution in [2.75, 3.05) is 20.3 Å². The molecule has 0 fully saturated rings. The van der Waals surface area contributed by atoms with Crippen LogP contribution in [0.1, 0.15) is 6.42 Å². The van der Waals surface area contributed by atoms with E-state index >= 15 is 0 Å². The summed E-state index contributed by atoms with van der Waals surface area (Å²) in [6, 6.07) is 4.29. The first-order valence-corrected chi connectivity index (χ1v) is 5.08. The quantitative estimate of drug-likeness (QED) is 0.439. The third kappa shape index (κ3) is 3.67. The topological polar surface area (TPSA) is 61.6 Å². The van der Waals surface area contributed by atoms with Gasteiger partial charge in [0.15, 0.2) is 0 Å². The Bertz CT molecular complexity index is 370. The second kappa shape index (κ2) is 6.30. The SMILES string of the molecule is COCCCOc1ccc([N+](=O)[O-])c(Cl)c1. The maximum Gasteiger partial charge on any atom is 0.288 e. The van der Waals surface area contributed by atoms with Gasteiger partial charge < -0.3 is 9.47 Å². The van der Waals surface area contributed by atoms with Crippen molar-refractivity contribution in [1.82, 2.24) is 0 Å². The van der Waals surface area contributed by atoms with E-state index in [1.165, 1.54) is 18.2 Å². The van der Waals surface area contributed by atoms with Crippen LogP contribution in [0.3, 0.4) is 0 Å². The van der Waals surface area contributed by atoms with Crippen molar-refractivity contribution in [2.24, 2.45) is 0 Å². The lowest BCUT2D eigenvalue weighted by Crippen LogP contribution is -2.01. The van der Waals surface area contributed by atoms with Crippen molar-refractivity contribution in [1.29, 1.82) is 0 Å². The van der Waals surface area contributed by atoms with Gasteiger partial charge in [-0.1, -0.05) is 11.6 Å². The molecule has 1 aromatic rings. The molecule has 0 aliphatic heterocycles. The highest BCUT2D eigenvalue weighted by atomic mass is 35.5. The minimum absolute atomic E-state index is 0.0780. The summed E-state index contributed by atoms with van der Waals surface area (Å²) in [7, 11) is 1.61. The van der Waals surface area contributed by atoms with Gasteiger partial charge in [0.25, 0.3) is 5.69 Å². The Morgan fingerprint density at radius 2 is 2.19 bits per heavy atom. The van der Waals surface area contributed by atoms with E-state index in [0.29, 0.717) is 19.0 Å². The van der Waals surface area contributed by atoms with Gasteiger partial charge in [-0.05, 0) is 6.07 Å². The molecular formula is C10H12ClNO4. The molecule has 0 radical (unpaired) electrons. The molecule has 1 aromatic carbocycles. The normalized spacial score (nSPS) is 10.1. The van der Waals surface area contributed by atoms with Gasteiger partial charge in [0.1, 0.15) is 10.8 Å². The predicted octanol–water partition coefficient (Wildman–Crippen LogP) is 2.66. The zero-order valence-corrected chi connectivity index (χ0v) is 9.57. The van der Waals surface area contributed by atoms with Gasteiger partial charge in [-0.3, -0.25) is 10.1 Å². The average molecular weight is 246 g/mol. The van der Waals surface area contributed by atoms with Crippen LogP contribution in [0.15, 0.2) is 18.2 Å². The largest absolute Gasteiger partial charge is 0.493 e. The molecule has 0 bridgehead atoms. The van der Waals surface area contributed by atoms with E-state index in [1.54, 1.807) is 7.11 Å². The second-order valence-electron chi connectivity index (χ2n) is 3.07. The third-order valence-electron chi connectivity index (χ3n) is 1.88. The van der Waals surface area contributed by atoms with Crippen molar-refractivity contribution < 1.29 is 14.4 Å². The lowest BCUT2D eigenvalue weighted by molar-refractivity contribution is -0.384. The number of methoxy groups -OCH3 is 1. The monoisotopic (exact) mass is 245 g/mol. The third-order valence-corrected chi connectivity index (χ3v) is 2.18. The lowest BCUT2D eigenvalue weighted by Gasteiger charge is -2.05. The number of nitrogens with zero attached hydrogens (tertiary/aromatic N) is 1. The molecule has 0 saturated carbocycles. The van der Waals surface area contributed by atoms with Crippen LogP contribution in [0.25, 0.3) is 0 Å². The smallest absolute Gasteiger partial charge is 0.288 e. The summed E-state index contributed by atoms with van der Waals surface area (Å²) >= 11 is 5.72. The zero-order chi connectivity index (χ0) is 12.0. The fourth-order valence-electron chi connectivity index (χ4n) is 1.12. The summed E-state index contributed by atoms with van der Waals surface area (Å²) in [4.78, 5) is 9.97. The van der Waals surface area contributed by atoms with Gasteiger partial charge in [-0.2, -0.15) is 0 Å². The summed E-state index contributed by atoms with van der Waals surface area (Å²) in [5.74, 6) is 0.520. The molecule has 0 unspecified atom stereocenters. The number of nitro groups is 1. The maximum atomic E-state index is 10.5. The number of rotatable bonds is 6. The first-order valence-electron chi connectivity index (χ1n) is 4.71. The van der Waals surface area contributed by atoms with Crippen LogP contribution in [0.5, 0.6) is 5.75 Å². The Balaban J connectivity index is 2.56. The number of ether oxygens (including phenoxy) is 2. The molecular weight excluding hydrogens is 234 g/mol. The summed E-state index contributed by atoms with van der Waals surface area (Å²) < 4.78 is 10.2. The number of hydrogen-bond acceptors (Lipinski definition) is 4. The van der Waals surface area contributed by atoms with E-state index < -0.39 is 4.92 Å². The van der Waals surface area contributed by atoms with E-state index in [1.807, 2.05) is 0 Å². The lowest BCUT2D eigenvalue weighted by atomic mass is 10.3. The minimum Gasteiger partial charge on any atom is -0.493 e. The molecule has 0 heterocycles. The van der Waals surface area contributed by atoms with E-state index in [9.17, 15) is 10.1 Å². The Labute approximate surface area is 98.1 Å². The van der Waals surface area contributed by atoms with Crippen molar-refractivity contribution >= 4 is 17.3 Å². The highest BCUT2D eigenvalue weighted by molar-refractivity contribution is 6.32. The molecule has 5 nitrogen and oxygen atoms in total. The molecule has 1 rings (SSSR count). The van der Waals surface area contributed by atoms with Crippen molar-refractivity contribution in [2.45, 2.75) is 6.42 Å². The van der Waals surface area contributed by atoms with Gasteiger partial charge in [-0.25, -0.2) is 0 Å². The molecule has 0 amide bonds. The molecule has 0 aromatic heterocycles. The molecule has 0 spiro atoms. The van der Waals surface area contributed by atoms with E-state index in [-0.39, 0.29) is 10.7 Å².